The van der Waals surface area contributed by atoms with Crippen LogP contribution in [-0.2, 0) is 11.4 Å². The second-order valence-electron chi connectivity index (χ2n) is 6.65. The standard InChI is InChI=1S/C24H23NO2/c1-17-14-18(2)22(19(3)15-17)16-27-25-23(20-10-6-4-7-11-20)24(26)21-12-8-5-9-13-21/h4-15H,16H2,1-3H3. The molecule has 0 saturated heterocycles. The van der Waals surface area contributed by atoms with E-state index in [-0.39, 0.29) is 5.78 Å². The van der Waals surface area contributed by atoms with Crippen molar-refractivity contribution in [1.29, 1.82) is 0 Å². The van der Waals surface area contributed by atoms with Gasteiger partial charge in [0.15, 0.2) is 5.71 Å². The van der Waals surface area contributed by atoms with E-state index in [1.165, 1.54) is 16.7 Å². The predicted molar refractivity (Wildman–Crippen MR) is 109 cm³/mol. The minimum Gasteiger partial charge on any atom is -0.390 e. The Labute approximate surface area is 160 Å². The highest BCUT2D eigenvalue weighted by molar-refractivity contribution is 6.51. The van der Waals surface area contributed by atoms with Crippen molar-refractivity contribution in [3.05, 3.63) is 106 Å². The summed E-state index contributed by atoms with van der Waals surface area (Å²) < 4.78 is 0. The number of Topliss-reactive ketones (excluding diaryl/α,β-unsaturated/α-hetero) is 1. The highest BCUT2D eigenvalue weighted by Crippen LogP contribution is 2.18. The summed E-state index contributed by atoms with van der Waals surface area (Å²) in [6.07, 6.45) is 0. The molecule has 0 spiro atoms. The van der Waals surface area contributed by atoms with Crippen LogP contribution in [0.3, 0.4) is 0 Å². The lowest BCUT2D eigenvalue weighted by molar-refractivity contribution is 0.103. The second-order valence-corrected chi connectivity index (χ2v) is 6.65. The first kappa shape index (κ1) is 18.6. The molecule has 0 amide bonds. The molecule has 0 saturated carbocycles. The summed E-state index contributed by atoms with van der Waals surface area (Å²) in [5, 5.41) is 4.24. The van der Waals surface area contributed by atoms with Crippen LogP contribution in [-0.4, -0.2) is 11.5 Å². The van der Waals surface area contributed by atoms with Crippen LogP contribution in [0.5, 0.6) is 0 Å². The van der Waals surface area contributed by atoms with Gasteiger partial charge in [-0.1, -0.05) is 83.5 Å². The van der Waals surface area contributed by atoms with Gasteiger partial charge in [0, 0.05) is 11.1 Å². The Hall–Kier alpha value is -3.20. The van der Waals surface area contributed by atoms with Crippen molar-refractivity contribution in [3.8, 4) is 0 Å². The lowest BCUT2D eigenvalue weighted by atomic mass is 10.0. The number of carbonyl (C=O) groups excluding carboxylic acids is 1. The maximum atomic E-state index is 13.0. The van der Waals surface area contributed by atoms with Gasteiger partial charge >= 0.3 is 0 Å². The molecule has 0 radical (unpaired) electrons. The Morgan fingerprint density at radius 3 is 1.89 bits per heavy atom. The molecule has 3 nitrogen and oxygen atoms in total. The maximum Gasteiger partial charge on any atom is 0.215 e. The molecule has 136 valence electrons. The zero-order valence-corrected chi connectivity index (χ0v) is 15.9. The van der Waals surface area contributed by atoms with Crippen LogP contribution in [0.25, 0.3) is 0 Å². The molecule has 0 aliphatic rings. The minimum atomic E-state index is -0.154. The molecule has 0 aromatic heterocycles. The van der Waals surface area contributed by atoms with Gasteiger partial charge in [-0.05, 0) is 37.5 Å². The fraction of sp³-hybridized carbons (Fsp3) is 0.167. The summed E-state index contributed by atoms with van der Waals surface area (Å²) in [7, 11) is 0. The number of aryl methyl sites for hydroxylation is 3. The second kappa shape index (κ2) is 8.45. The molecule has 0 fully saturated rings. The van der Waals surface area contributed by atoms with Gasteiger partial charge in [0.25, 0.3) is 0 Å². The van der Waals surface area contributed by atoms with E-state index in [0.717, 1.165) is 11.1 Å². The zero-order chi connectivity index (χ0) is 19.2. The van der Waals surface area contributed by atoms with Crippen molar-refractivity contribution < 1.29 is 9.63 Å². The van der Waals surface area contributed by atoms with E-state index in [1.807, 2.05) is 48.5 Å². The fourth-order valence-electron chi connectivity index (χ4n) is 3.15. The molecule has 0 N–H and O–H groups in total. The number of rotatable bonds is 6. The Balaban J connectivity index is 1.89. The van der Waals surface area contributed by atoms with Gasteiger partial charge in [-0.3, -0.25) is 4.79 Å². The van der Waals surface area contributed by atoms with Crippen molar-refractivity contribution in [2.24, 2.45) is 5.16 Å². The van der Waals surface area contributed by atoms with Crippen LogP contribution in [0.2, 0.25) is 0 Å². The number of hydrogen-bond donors (Lipinski definition) is 0. The molecule has 3 aromatic carbocycles. The Morgan fingerprint density at radius 1 is 0.815 bits per heavy atom. The van der Waals surface area contributed by atoms with E-state index in [1.54, 1.807) is 12.1 Å². The highest BCUT2D eigenvalue weighted by Gasteiger charge is 2.17. The van der Waals surface area contributed by atoms with Crippen LogP contribution < -0.4 is 0 Å². The van der Waals surface area contributed by atoms with Crippen molar-refractivity contribution in [1.82, 2.24) is 0 Å². The Kier molecular flexibility index (Phi) is 5.82. The predicted octanol–water partition coefficient (Wildman–Crippen LogP) is 5.42. The largest absolute Gasteiger partial charge is 0.390 e. The van der Waals surface area contributed by atoms with Gasteiger partial charge < -0.3 is 4.84 Å². The molecule has 3 heteroatoms. The zero-order valence-electron chi connectivity index (χ0n) is 15.9. The Morgan fingerprint density at radius 2 is 1.33 bits per heavy atom. The number of hydrogen-bond acceptors (Lipinski definition) is 3. The molecule has 0 heterocycles. The monoisotopic (exact) mass is 357 g/mol. The third-order valence-electron chi connectivity index (χ3n) is 4.50. The van der Waals surface area contributed by atoms with Gasteiger partial charge in [-0.2, -0.15) is 0 Å². The van der Waals surface area contributed by atoms with Gasteiger partial charge in [-0.15, -0.1) is 0 Å². The average Bonchev–Trinajstić information content (AvgIpc) is 2.68. The summed E-state index contributed by atoms with van der Waals surface area (Å²) in [6.45, 7) is 6.54. The molecule has 0 atom stereocenters. The molecule has 0 aliphatic carbocycles. The first-order valence-corrected chi connectivity index (χ1v) is 8.98. The molecule has 27 heavy (non-hydrogen) atoms. The molecule has 3 rings (SSSR count). The first-order chi connectivity index (χ1) is 13.1. The normalized spacial score (nSPS) is 11.3. The van der Waals surface area contributed by atoms with E-state index in [2.05, 4.69) is 38.1 Å². The Bertz CT molecular complexity index is 937. The van der Waals surface area contributed by atoms with Crippen molar-refractivity contribution in [3.63, 3.8) is 0 Å². The van der Waals surface area contributed by atoms with Crippen LogP contribution in [0.4, 0.5) is 0 Å². The fourth-order valence-corrected chi connectivity index (χ4v) is 3.15. The lowest BCUT2D eigenvalue weighted by Gasteiger charge is -2.11. The van der Waals surface area contributed by atoms with Crippen molar-refractivity contribution in [2.75, 3.05) is 0 Å². The van der Waals surface area contributed by atoms with Crippen LogP contribution >= 0.6 is 0 Å². The summed E-state index contributed by atoms with van der Waals surface area (Å²) in [5.41, 5.74) is 6.29. The summed E-state index contributed by atoms with van der Waals surface area (Å²) in [5.74, 6) is -0.154. The lowest BCUT2D eigenvalue weighted by Crippen LogP contribution is -2.16. The quantitative estimate of drug-likeness (QED) is 0.336. The van der Waals surface area contributed by atoms with E-state index in [0.29, 0.717) is 17.9 Å². The topological polar surface area (TPSA) is 38.7 Å². The summed E-state index contributed by atoms with van der Waals surface area (Å²) in [6, 6.07) is 22.8. The van der Waals surface area contributed by atoms with Gasteiger partial charge in [0.05, 0.1) is 0 Å². The van der Waals surface area contributed by atoms with E-state index >= 15 is 0 Å². The molecular weight excluding hydrogens is 334 g/mol. The molecular formula is C24H23NO2. The molecule has 0 bridgehead atoms. The van der Waals surface area contributed by atoms with Crippen molar-refractivity contribution in [2.45, 2.75) is 27.4 Å². The van der Waals surface area contributed by atoms with Gasteiger partial charge in [-0.25, -0.2) is 0 Å². The summed E-state index contributed by atoms with van der Waals surface area (Å²) in [4.78, 5) is 18.6. The SMILES string of the molecule is Cc1cc(C)c(CON=C(C(=O)c2ccccc2)c2ccccc2)c(C)c1. The number of nitrogens with zero attached hydrogens (tertiary/aromatic N) is 1. The molecule has 3 aromatic rings. The molecule has 0 unspecified atom stereocenters. The third-order valence-corrected chi connectivity index (χ3v) is 4.50. The smallest absolute Gasteiger partial charge is 0.215 e. The number of oxime groups is 1. The highest BCUT2D eigenvalue weighted by atomic mass is 16.6. The average molecular weight is 357 g/mol. The minimum absolute atomic E-state index is 0.154. The van der Waals surface area contributed by atoms with Crippen LogP contribution in [0, 0.1) is 20.8 Å². The first-order valence-electron chi connectivity index (χ1n) is 8.98. The third kappa shape index (κ3) is 4.50. The summed E-state index contributed by atoms with van der Waals surface area (Å²) >= 11 is 0. The maximum absolute atomic E-state index is 13.0. The van der Waals surface area contributed by atoms with E-state index in [4.69, 9.17) is 4.84 Å². The number of benzene rings is 3. The number of ketones is 1. The van der Waals surface area contributed by atoms with Crippen molar-refractivity contribution >= 4 is 11.5 Å². The van der Waals surface area contributed by atoms with Gasteiger partial charge in [0.1, 0.15) is 6.61 Å². The van der Waals surface area contributed by atoms with Crippen LogP contribution in [0.1, 0.15) is 38.2 Å². The number of carbonyl (C=O) groups is 1. The van der Waals surface area contributed by atoms with Gasteiger partial charge in [0.2, 0.25) is 5.78 Å². The van der Waals surface area contributed by atoms with Crippen LogP contribution in [0.15, 0.2) is 78.0 Å². The van der Waals surface area contributed by atoms with E-state index in [9.17, 15) is 4.79 Å². The van der Waals surface area contributed by atoms with E-state index < -0.39 is 0 Å². The molecule has 0 aliphatic heterocycles.